The molecule has 98 valence electrons. The molecule has 6 nitrogen and oxygen atoms in total. The molecule has 0 saturated carbocycles. The lowest BCUT2D eigenvalue weighted by atomic mass is 10.2. The Bertz CT molecular complexity index is 596. The molecule has 0 spiro atoms. The molecule has 1 amide bonds. The van der Waals surface area contributed by atoms with Gasteiger partial charge in [0, 0.05) is 11.9 Å². The summed E-state index contributed by atoms with van der Waals surface area (Å²) in [7, 11) is -3.43. The summed E-state index contributed by atoms with van der Waals surface area (Å²) in [6.07, 6.45) is 0.928. The Morgan fingerprint density at radius 2 is 2.00 bits per heavy atom. The van der Waals surface area contributed by atoms with Gasteiger partial charge in [-0.2, -0.15) is 0 Å². The molecule has 0 aliphatic heterocycles. The molecule has 0 unspecified atom stereocenters. The van der Waals surface area contributed by atoms with Gasteiger partial charge in [-0.15, -0.1) is 0 Å². The molecule has 0 aliphatic rings. The quantitative estimate of drug-likeness (QED) is 0.862. The summed E-state index contributed by atoms with van der Waals surface area (Å²) in [6.45, 7) is 0. The van der Waals surface area contributed by atoms with Crippen molar-refractivity contribution in [3.05, 3.63) is 28.8 Å². The highest BCUT2D eigenvalue weighted by atomic mass is 35.5. The van der Waals surface area contributed by atoms with Gasteiger partial charge in [0.05, 0.1) is 10.6 Å². The van der Waals surface area contributed by atoms with E-state index < -0.39 is 27.5 Å². The SMILES string of the molecule is CS(=O)(=O)CC(=O)Nc1ccc(Cl)c(C(=O)O)c1. The standard InChI is InChI=1S/C10H10ClNO5S/c1-18(16,17)5-9(13)12-6-2-3-8(11)7(4-6)10(14)15/h2-4H,5H2,1H3,(H,12,13)(H,14,15). The fourth-order valence-corrected chi connectivity index (χ4v) is 1.95. The molecule has 1 aromatic carbocycles. The zero-order valence-corrected chi connectivity index (χ0v) is 10.9. The number of aromatic carboxylic acids is 1. The van der Waals surface area contributed by atoms with Gasteiger partial charge in [0.1, 0.15) is 5.75 Å². The van der Waals surface area contributed by atoms with E-state index in [9.17, 15) is 18.0 Å². The van der Waals surface area contributed by atoms with Crippen molar-refractivity contribution in [1.82, 2.24) is 0 Å². The molecule has 0 aromatic heterocycles. The molecule has 0 heterocycles. The van der Waals surface area contributed by atoms with Crippen LogP contribution in [-0.4, -0.2) is 37.4 Å². The lowest BCUT2D eigenvalue weighted by molar-refractivity contribution is -0.113. The van der Waals surface area contributed by atoms with Crippen LogP contribution in [0, 0.1) is 0 Å². The van der Waals surface area contributed by atoms with Crippen LogP contribution in [0.4, 0.5) is 5.69 Å². The minimum Gasteiger partial charge on any atom is -0.478 e. The predicted octanol–water partition coefficient (Wildman–Crippen LogP) is 1.02. The van der Waals surface area contributed by atoms with E-state index in [0.717, 1.165) is 12.3 Å². The molecule has 0 atom stereocenters. The summed E-state index contributed by atoms with van der Waals surface area (Å²) in [5.74, 6) is -2.65. The maximum Gasteiger partial charge on any atom is 0.337 e. The van der Waals surface area contributed by atoms with E-state index in [0.29, 0.717) is 0 Å². The van der Waals surface area contributed by atoms with Crippen molar-refractivity contribution in [3.8, 4) is 0 Å². The zero-order valence-electron chi connectivity index (χ0n) is 9.31. The van der Waals surface area contributed by atoms with E-state index in [1.165, 1.54) is 12.1 Å². The first-order valence-corrected chi connectivity index (χ1v) is 7.13. The Labute approximate surface area is 108 Å². The third-order valence-electron chi connectivity index (χ3n) is 1.87. The summed E-state index contributed by atoms with van der Waals surface area (Å²) in [4.78, 5) is 22.1. The second kappa shape index (κ2) is 5.36. The molecule has 0 radical (unpaired) electrons. The first kappa shape index (κ1) is 14.5. The van der Waals surface area contributed by atoms with E-state index in [2.05, 4.69) is 5.32 Å². The van der Waals surface area contributed by atoms with E-state index in [1.54, 1.807) is 0 Å². The van der Waals surface area contributed by atoms with E-state index in [4.69, 9.17) is 16.7 Å². The fraction of sp³-hybridized carbons (Fsp3) is 0.200. The first-order valence-electron chi connectivity index (χ1n) is 4.69. The van der Waals surface area contributed by atoms with Crippen LogP contribution in [0.25, 0.3) is 0 Å². The third kappa shape index (κ3) is 4.34. The number of sulfone groups is 1. The number of carboxylic acid groups (broad SMARTS) is 1. The molecule has 0 fully saturated rings. The lowest BCUT2D eigenvalue weighted by Crippen LogP contribution is -2.22. The highest BCUT2D eigenvalue weighted by Crippen LogP contribution is 2.20. The molecule has 8 heteroatoms. The van der Waals surface area contributed by atoms with Crippen molar-refractivity contribution >= 4 is 39.0 Å². The van der Waals surface area contributed by atoms with Crippen LogP contribution in [-0.2, 0) is 14.6 Å². The van der Waals surface area contributed by atoms with Crippen LogP contribution in [0.2, 0.25) is 5.02 Å². The number of benzene rings is 1. The summed E-state index contributed by atoms with van der Waals surface area (Å²) in [5, 5.41) is 11.1. The summed E-state index contributed by atoms with van der Waals surface area (Å²) < 4.78 is 21.8. The smallest absolute Gasteiger partial charge is 0.337 e. The minimum atomic E-state index is -3.43. The second-order valence-electron chi connectivity index (χ2n) is 3.62. The Morgan fingerprint density at radius 3 is 2.50 bits per heavy atom. The summed E-state index contributed by atoms with van der Waals surface area (Å²) >= 11 is 5.64. The van der Waals surface area contributed by atoms with Gasteiger partial charge in [-0.05, 0) is 18.2 Å². The molecule has 1 aromatic rings. The maximum absolute atomic E-state index is 11.3. The number of carbonyl (C=O) groups excluding carboxylic acids is 1. The molecule has 1 rings (SSSR count). The van der Waals surface area contributed by atoms with Gasteiger partial charge in [0.25, 0.3) is 0 Å². The van der Waals surface area contributed by atoms with Gasteiger partial charge in [-0.1, -0.05) is 11.6 Å². The van der Waals surface area contributed by atoms with Crippen molar-refractivity contribution in [3.63, 3.8) is 0 Å². The average Bonchev–Trinajstić information content (AvgIpc) is 2.17. The van der Waals surface area contributed by atoms with Crippen LogP contribution in [0.15, 0.2) is 18.2 Å². The molecule has 0 aliphatic carbocycles. The number of rotatable bonds is 4. The third-order valence-corrected chi connectivity index (χ3v) is 2.99. The summed E-state index contributed by atoms with van der Waals surface area (Å²) in [5.41, 5.74) is -0.000674. The molecule has 0 bridgehead atoms. The highest BCUT2D eigenvalue weighted by Gasteiger charge is 2.13. The molecular formula is C10H10ClNO5S. The normalized spacial score (nSPS) is 11.0. The zero-order chi connectivity index (χ0) is 13.9. The van der Waals surface area contributed by atoms with Crippen LogP contribution in [0.3, 0.4) is 0 Å². The Kier molecular flexibility index (Phi) is 4.31. The number of hydrogen-bond donors (Lipinski definition) is 2. The van der Waals surface area contributed by atoms with E-state index >= 15 is 0 Å². The number of carbonyl (C=O) groups is 2. The van der Waals surface area contributed by atoms with Gasteiger partial charge in [0.2, 0.25) is 5.91 Å². The molecule has 2 N–H and O–H groups in total. The fourth-order valence-electron chi connectivity index (χ4n) is 1.20. The van der Waals surface area contributed by atoms with Crippen LogP contribution in [0.1, 0.15) is 10.4 Å². The number of carboxylic acids is 1. The van der Waals surface area contributed by atoms with Crippen molar-refractivity contribution in [1.29, 1.82) is 0 Å². The van der Waals surface area contributed by atoms with Crippen molar-refractivity contribution in [2.45, 2.75) is 0 Å². The Morgan fingerprint density at radius 1 is 1.39 bits per heavy atom. The van der Waals surface area contributed by atoms with Gasteiger partial charge < -0.3 is 10.4 Å². The highest BCUT2D eigenvalue weighted by molar-refractivity contribution is 7.91. The van der Waals surface area contributed by atoms with Crippen molar-refractivity contribution < 1.29 is 23.1 Å². The largest absolute Gasteiger partial charge is 0.478 e. The second-order valence-corrected chi connectivity index (χ2v) is 6.17. The number of anilines is 1. The number of nitrogens with one attached hydrogen (secondary N) is 1. The average molecular weight is 292 g/mol. The summed E-state index contributed by atoms with van der Waals surface area (Å²) in [6, 6.07) is 3.85. The number of amides is 1. The van der Waals surface area contributed by atoms with Crippen LogP contribution in [0.5, 0.6) is 0 Å². The topological polar surface area (TPSA) is 101 Å². The van der Waals surface area contributed by atoms with Crippen molar-refractivity contribution in [2.75, 3.05) is 17.3 Å². The maximum atomic E-state index is 11.3. The van der Waals surface area contributed by atoms with Crippen LogP contribution >= 0.6 is 11.6 Å². The Hall–Kier alpha value is -1.60. The van der Waals surface area contributed by atoms with Gasteiger partial charge >= 0.3 is 5.97 Å². The van der Waals surface area contributed by atoms with E-state index in [-0.39, 0.29) is 16.3 Å². The van der Waals surface area contributed by atoms with Crippen LogP contribution < -0.4 is 5.32 Å². The predicted molar refractivity (Wildman–Crippen MR) is 66.8 cm³/mol. The first-order chi connectivity index (χ1) is 8.19. The number of hydrogen-bond acceptors (Lipinski definition) is 4. The van der Waals surface area contributed by atoms with Crippen molar-refractivity contribution in [2.24, 2.45) is 0 Å². The van der Waals surface area contributed by atoms with Gasteiger partial charge in [0.15, 0.2) is 9.84 Å². The van der Waals surface area contributed by atoms with Gasteiger partial charge in [-0.25, -0.2) is 13.2 Å². The monoisotopic (exact) mass is 291 g/mol. The molecule has 18 heavy (non-hydrogen) atoms. The van der Waals surface area contributed by atoms with Gasteiger partial charge in [-0.3, -0.25) is 4.79 Å². The molecule has 0 saturated heterocycles. The van der Waals surface area contributed by atoms with E-state index in [1.807, 2.05) is 0 Å². The minimum absolute atomic E-state index is 0.0311. The molecular weight excluding hydrogens is 282 g/mol. The number of halogens is 1. The lowest BCUT2D eigenvalue weighted by Gasteiger charge is -2.06. The Balaban J connectivity index is 2.89.